The standard InChI is InChI=1S/C15H14N4S/c16-14-13(12-4-2-1-3-5-12)15(20-19-14)18-10-11-6-8-17-9-7-11/h1-9,18H,10H2,(H2,16,19). The number of benzene rings is 1. The molecule has 0 bridgehead atoms. The Balaban J connectivity index is 1.85. The molecular formula is C15H14N4S. The summed E-state index contributed by atoms with van der Waals surface area (Å²) in [5.41, 5.74) is 9.22. The van der Waals surface area contributed by atoms with E-state index in [1.165, 1.54) is 17.1 Å². The fourth-order valence-corrected chi connectivity index (χ4v) is 2.72. The molecule has 100 valence electrons. The Hall–Kier alpha value is -2.40. The van der Waals surface area contributed by atoms with Gasteiger partial charge < -0.3 is 11.1 Å². The molecule has 4 nitrogen and oxygen atoms in total. The van der Waals surface area contributed by atoms with Crippen LogP contribution in [0.5, 0.6) is 0 Å². The number of aromatic nitrogens is 2. The van der Waals surface area contributed by atoms with Crippen molar-refractivity contribution in [2.45, 2.75) is 6.54 Å². The maximum absolute atomic E-state index is 5.99. The Morgan fingerprint density at radius 2 is 1.80 bits per heavy atom. The number of nitrogens with two attached hydrogens (primary N) is 1. The number of hydrogen-bond donors (Lipinski definition) is 2. The average molecular weight is 282 g/mol. The predicted octanol–water partition coefficient (Wildman–Crippen LogP) is 3.40. The summed E-state index contributed by atoms with van der Waals surface area (Å²) in [7, 11) is 0. The summed E-state index contributed by atoms with van der Waals surface area (Å²) in [5.74, 6) is 0.568. The number of anilines is 2. The van der Waals surface area contributed by atoms with Crippen LogP contribution < -0.4 is 11.1 Å². The highest BCUT2D eigenvalue weighted by molar-refractivity contribution is 7.11. The molecule has 0 saturated carbocycles. The van der Waals surface area contributed by atoms with Crippen LogP contribution in [0, 0.1) is 0 Å². The van der Waals surface area contributed by atoms with Crippen LogP contribution in [-0.2, 0) is 6.54 Å². The first-order valence-corrected chi connectivity index (χ1v) is 7.05. The minimum absolute atomic E-state index is 0.568. The normalized spacial score (nSPS) is 10.4. The second kappa shape index (κ2) is 5.71. The Labute approximate surface area is 121 Å². The van der Waals surface area contributed by atoms with Crippen molar-refractivity contribution in [1.82, 2.24) is 9.36 Å². The van der Waals surface area contributed by atoms with Crippen LogP contribution in [0.3, 0.4) is 0 Å². The molecule has 0 atom stereocenters. The smallest absolute Gasteiger partial charge is 0.147 e. The molecule has 0 aliphatic rings. The molecule has 0 aliphatic heterocycles. The van der Waals surface area contributed by atoms with Crippen molar-refractivity contribution < 1.29 is 0 Å². The van der Waals surface area contributed by atoms with Gasteiger partial charge in [0.15, 0.2) is 0 Å². The summed E-state index contributed by atoms with van der Waals surface area (Å²) in [6.45, 7) is 0.726. The highest BCUT2D eigenvalue weighted by Gasteiger charge is 2.12. The van der Waals surface area contributed by atoms with E-state index in [0.717, 1.165) is 22.7 Å². The molecule has 2 heterocycles. The zero-order chi connectivity index (χ0) is 13.8. The first-order chi connectivity index (χ1) is 9.84. The van der Waals surface area contributed by atoms with E-state index in [9.17, 15) is 0 Å². The third kappa shape index (κ3) is 2.62. The van der Waals surface area contributed by atoms with Crippen molar-refractivity contribution in [3.63, 3.8) is 0 Å². The molecular weight excluding hydrogens is 268 g/mol. The number of pyridine rings is 1. The lowest BCUT2D eigenvalue weighted by molar-refractivity contribution is 1.14. The zero-order valence-corrected chi connectivity index (χ0v) is 11.6. The molecule has 3 N–H and O–H groups in total. The Morgan fingerprint density at radius 1 is 1.05 bits per heavy atom. The second-order valence-corrected chi connectivity index (χ2v) is 5.12. The van der Waals surface area contributed by atoms with Gasteiger partial charge in [-0.2, -0.15) is 4.37 Å². The van der Waals surface area contributed by atoms with Gasteiger partial charge in [0.25, 0.3) is 0 Å². The third-order valence-electron chi connectivity index (χ3n) is 2.98. The van der Waals surface area contributed by atoms with E-state index in [2.05, 4.69) is 14.7 Å². The van der Waals surface area contributed by atoms with Gasteiger partial charge in [0, 0.05) is 18.9 Å². The van der Waals surface area contributed by atoms with Gasteiger partial charge in [0.1, 0.15) is 10.8 Å². The molecule has 1 aromatic carbocycles. The van der Waals surface area contributed by atoms with Gasteiger partial charge in [-0.15, -0.1) is 0 Å². The fraction of sp³-hybridized carbons (Fsp3) is 0.0667. The minimum atomic E-state index is 0.568. The van der Waals surface area contributed by atoms with Crippen LogP contribution in [0.2, 0.25) is 0 Å². The lowest BCUT2D eigenvalue weighted by Crippen LogP contribution is -1.99. The predicted molar refractivity (Wildman–Crippen MR) is 83.5 cm³/mol. The third-order valence-corrected chi connectivity index (χ3v) is 3.80. The molecule has 5 heteroatoms. The number of nitrogen functional groups attached to an aromatic ring is 1. The van der Waals surface area contributed by atoms with Crippen LogP contribution in [-0.4, -0.2) is 9.36 Å². The molecule has 0 fully saturated rings. The minimum Gasteiger partial charge on any atom is -0.382 e. The summed E-state index contributed by atoms with van der Waals surface area (Å²) in [6.07, 6.45) is 3.58. The van der Waals surface area contributed by atoms with Crippen molar-refractivity contribution in [2.75, 3.05) is 11.1 Å². The van der Waals surface area contributed by atoms with E-state index in [-0.39, 0.29) is 0 Å². The van der Waals surface area contributed by atoms with Crippen molar-refractivity contribution in [1.29, 1.82) is 0 Å². The quantitative estimate of drug-likeness (QED) is 0.770. The van der Waals surface area contributed by atoms with E-state index in [1.807, 2.05) is 42.5 Å². The van der Waals surface area contributed by atoms with Gasteiger partial charge in [-0.25, -0.2) is 0 Å². The Kier molecular flexibility index (Phi) is 3.60. The molecule has 0 spiro atoms. The maximum atomic E-state index is 5.99. The van der Waals surface area contributed by atoms with Gasteiger partial charge in [-0.05, 0) is 34.8 Å². The summed E-state index contributed by atoms with van der Waals surface area (Å²) in [4.78, 5) is 4.01. The van der Waals surface area contributed by atoms with E-state index >= 15 is 0 Å². The van der Waals surface area contributed by atoms with Crippen molar-refractivity contribution in [3.8, 4) is 11.1 Å². The van der Waals surface area contributed by atoms with Gasteiger partial charge >= 0.3 is 0 Å². The molecule has 0 aliphatic carbocycles. The van der Waals surface area contributed by atoms with Crippen LogP contribution in [0.4, 0.5) is 10.8 Å². The number of rotatable bonds is 4. The zero-order valence-electron chi connectivity index (χ0n) is 10.8. The maximum Gasteiger partial charge on any atom is 0.147 e. The monoisotopic (exact) mass is 282 g/mol. The van der Waals surface area contributed by atoms with Gasteiger partial charge in [-0.3, -0.25) is 4.98 Å². The Bertz CT molecular complexity index is 680. The van der Waals surface area contributed by atoms with Gasteiger partial charge in [0.2, 0.25) is 0 Å². The van der Waals surface area contributed by atoms with Crippen LogP contribution in [0.15, 0.2) is 54.9 Å². The fourth-order valence-electron chi connectivity index (χ4n) is 1.99. The van der Waals surface area contributed by atoms with E-state index < -0.39 is 0 Å². The molecule has 3 aromatic rings. The highest BCUT2D eigenvalue weighted by atomic mass is 32.1. The Morgan fingerprint density at radius 3 is 2.55 bits per heavy atom. The van der Waals surface area contributed by atoms with Crippen LogP contribution >= 0.6 is 11.5 Å². The number of hydrogen-bond acceptors (Lipinski definition) is 5. The summed E-state index contributed by atoms with van der Waals surface area (Å²) >= 11 is 1.39. The first kappa shape index (κ1) is 12.6. The largest absolute Gasteiger partial charge is 0.382 e. The molecule has 0 amide bonds. The van der Waals surface area contributed by atoms with Crippen molar-refractivity contribution in [2.24, 2.45) is 0 Å². The number of nitrogens with zero attached hydrogens (tertiary/aromatic N) is 2. The molecule has 0 unspecified atom stereocenters. The van der Waals surface area contributed by atoms with E-state index in [4.69, 9.17) is 5.73 Å². The topological polar surface area (TPSA) is 63.8 Å². The SMILES string of the molecule is Nc1nsc(NCc2ccncc2)c1-c1ccccc1. The van der Waals surface area contributed by atoms with Crippen molar-refractivity contribution >= 4 is 22.4 Å². The van der Waals surface area contributed by atoms with Crippen molar-refractivity contribution in [3.05, 3.63) is 60.4 Å². The van der Waals surface area contributed by atoms with E-state index in [1.54, 1.807) is 12.4 Å². The molecule has 0 radical (unpaired) electrons. The molecule has 3 rings (SSSR count). The lowest BCUT2D eigenvalue weighted by Gasteiger charge is -2.07. The number of nitrogens with one attached hydrogen (secondary N) is 1. The average Bonchev–Trinajstić information content (AvgIpc) is 2.88. The summed E-state index contributed by atoms with van der Waals surface area (Å²) < 4.78 is 4.25. The molecule has 20 heavy (non-hydrogen) atoms. The van der Waals surface area contributed by atoms with Crippen LogP contribution in [0.1, 0.15) is 5.56 Å². The highest BCUT2D eigenvalue weighted by Crippen LogP contribution is 2.36. The second-order valence-electron chi connectivity index (χ2n) is 4.35. The van der Waals surface area contributed by atoms with E-state index in [0.29, 0.717) is 5.82 Å². The van der Waals surface area contributed by atoms with Gasteiger partial charge in [-0.1, -0.05) is 30.3 Å². The molecule has 0 saturated heterocycles. The lowest BCUT2D eigenvalue weighted by atomic mass is 10.1. The van der Waals surface area contributed by atoms with Gasteiger partial charge in [0.05, 0.1) is 5.56 Å². The first-order valence-electron chi connectivity index (χ1n) is 6.28. The summed E-state index contributed by atoms with van der Waals surface area (Å²) in [5, 5.41) is 4.39. The molecule has 2 aromatic heterocycles. The summed E-state index contributed by atoms with van der Waals surface area (Å²) in [6, 6.07) is 14.0. The van der Waals surface area contributed by atoms with Crippen LogP contribution in [0.25, 0.3) is 11.1 Å².